The molecule has 2 aliphatic heterocycles. The van der Waals surface area contributed by atoms with Gasteiger partial charge in [0.1, 0.15) is 0 Å². The molecule has 0 radical (unpaired) electrons. The van der Waals surface area contributed by atoms with Gasteiger partial charge in [0, 0.05) is 43.4 Å². The SMILES string of the molecule is CC1(C)OB(c2cnn(CC3CNC3)c2)OC1(C)C. The van der Waals surface area contributed by atoms with Crippen LogP contribution < -0.4 is 10.8 Å². The van der Waals surface area contributed by atoms with Gasteiger partial charge in [0.2, 0.25) is 0 Å². The summed E-state index contributed by atoms with van der Waals surface area (Å²) in [6.07, 6.45) is 3.90. The Bertz CT molecular complexity index is 452. The molecule has 3 rings (SSSR count). The van der Waals surface area contributed by atoms with Crippen molar-refractivity contribution in [3.63, 3.8) is 0 Å². The molecule has 2 fully saturated rings. The second-order valence-electron chi connectivity index (χ2n) is 6.61. The Kier molecular flexibility index (Phi) is 3.00. The number of aromatic nitrogens is 2. The van der Waals surface area contributed by atoms with Crippen molar-refractivity contribution in [1.82, 2.24) is 15.1 Å². The molecule has 1 N–H and O–H groups in total. The molecule has 19 heavy (non-hydrogen) atoms. The molecule has 1 aromatic heterocycles. The van der Waals surface area contributed by atoms with Crippen LogP contribution in [-0.2, 0) is 15.9 Å². The third-order valence-corrected chi connectivity index (χ3v) is 4.49. The smallest absolute Gasteiger partial charge is 0.399 e. The standard InChI is InChI=1S/C13H22BN3O2/c1-12(2)13(3,4)19-14(18-12)11-7-16-17(9-11)8-10-5-15-6-10/h7,9-10,15H,5-6,8H2,1-4H3. The Morgan fingerprint density at radius 3 is 2.47 bits per heavy atom. The topological polar surface area (TPSA) is 48.3 Å². The second kappa shape index (κ2) is 4.33. The minimum absolute atomic E-state index is 0.294. The molecule has 104 valence electrons. The summed E-state index contributed by atoms with van der Waals surface area (Å²) in [6, 6.07) is 0. The largest absolute Gasteiger partial charge is 0.498 e. The predicted octanol–water partition coefficient (Wildman–Crippen LogP) is 0.402. The van der Waals surface area contributed by atoms with Gasteiger partial charge >= 0.3 is 7.12 Å². The lowest BCUT2D eigenvalue weighted by Gasteiger charge is -2.32. The molecule has 0 unspecified atom stereocenters. The van der Waals surface area contributed by atoms with Gasteiger partial charge in [0.25, 0.3) is 0 Å². The maximum absolute atomic E-state index is 6.02. The van der Waals surface area contributed by atoms with Crippen LogP contribution in [0.4, 0.5) is 0 Å². The molecule has 5 nitrogen and oxygen atoms in total. The Morgan fingerprint density at radius 1 is 1.32 bits per heavy atom. The van der Waals surface area contributed by atoms with E-state index in [-0.39, 0.29) is 18.3 Å². The van der Waals surface area contributed by atoms with Crippen LogP contribution in [0.15, 0.2) is 12.4 Å². The van der Waals surface area contributed by atoms with Gasteiger partial charge in [-0.3, -0.25) is 4.68 Å². The van der Waals surface area contributed by atoms with Crippen molar-refractivity contribution in [3.8, 4) is 0 Å². The molecule has 0 bridgehead atoms. The van der Waals surface area contributed by atoms with Gasteiger partial charge in [-0.05, 0) is 27.7 Å². The molecule has 0 atom stereocenters. The van der Waals surface area contributed by atoms with Crippen molar-refractivity contribution in [2.45, 2.75) is 45.4 Å². The van der Waals surface area contributed by atoms with E-state index in [9.17, 15) is 0 Å². The first-order valence-corrected chi connectivity index (χ1v) is 6.96. The van der Waals surface area contributed by atoms with Crippen LogP contribution in [0.3, 0.4) is 0 Å². The number of rotatable bonds is 3. The highest BCUT2D eigenvalue weighted by Gasteiger charge is 2.52. The summed E-state index contributed by atoms with van der Waals surface area (Å²) in [6.45, 7) is 11.4. The van der Waals surface area contributed by atoms with Gasteiger partial charge in [0.05, 0.1) is 11.2 Å². The summed E-state index contributed by atoms with van der Waals surface area (Å²) < 4.78 is 14.0. The van der Waals surface area contributed by atoms with E-state index in [0.29, 0.717) is 5.92 Å². The summed E-state index contributed by atoms with van der Waals surface area (Å²) in [4.78, 5) is 0. The molecule has 0 amide bonds. The Labute approximate surface area is 114 Å². The number of nitrogens with zero attached hydrogens (tertiary/aromatic N) is 2. The lowest BCUT2D eigenvalue weighted by Crippen LogP contribution is -2.44. The molecule has 0 aromatic carbocycles. The maximum atomic E-state index is 6.02. The van der Waals surface area contributed by atoms with Crippen molar-refractivity contribution in [2.24, 2.45) is 5.92 Å². The van der Waals surface area contributed by atoms with Gasteiger partial charge in [-0.1, -0.05) is 0 Å². The zero-order valence-corrected chi connectivity index (χ0v) is 12.1. The highest BCUT2D eigenvalue weighted by atomic mass is 16.7. The molecule has 0 spiro atoms. The van der Waals surface area contributed by atoms with Crippen LogP contribution in [0, 0.1) is 5.92 Å². The molecule has 3 heterocycles. The van der Waals surface area contributed by atoms with Gasteiger partial charge < -0.3 is 14.6 Å². The highest BCUT2D eigenvalue weighted by Crippen LogP contribution is 2.36. The van der Waals surface area contributed by atoms with Crippen LogP contribution in [0.5, 0.6) is 0 Å². The van der Waals surface area contributed by atoms with Crippen molar-refractivity contribution < 1.29 is 9.31 Å². The zero-order valence-electron chi connectivity index (χ0n) is 12.1. The average Bonchev–Trinajstić information content (AvgIpc) is 2.77. The van der Waals surface area contributed by atoms with E-state index in [2.05, 4.69) is 38.1 Å². The van der Waals surface area contributed by atoms with E-state index in [0.717, 1.165) is 25.1 Å². The molecule has 6 heteroatoms. The van der Waals surface area contributed by atoms with Crippen molar-refractivity contribution >= 4 is 12.6 Å². The van der Waals surface area contributed by atoms with E-state index < -0.39 is 0 Å². The van der Waals surface area contributed by atoms with Crippen LogP contribution in [0.25, 0.3) is 0 Å². The van der Waals surface area contributed by atoms with Crippen LogP contribution >= 0.6 is 0 Å². The molecule has 0 saturated carbocycles. The predicted molar refractivity (Wildman–Crippen MR) is 74.3 cm³/mol. The summed E-state index contributed by atoms with van der Waals surface area (Å²) in [5.41, 5.74) is 0.418. The zero-order chi connectivity index (χ0) is 13.7. The van der Waals surface area contributed by atoms with E-state index >= 15 is 0 Å². The lowest BCUT2D eigenvalue weighted by molar-refractivity contribution is 0.00578. The molecular weight excluding hydrogens is 241 g/mol. The number of hydrogen-bond donors (Lipinski definition) is 1. The quantitative estimate of drug-likeness (QED) is 0.802. The first kappa shape index (κ1) is 13.2. The lowest BCUT2D eigenvalue weighted by atomic mass is 9.82. The van der Waals surface area contributed by atoms with Crippen LogP contribution in [-0.4, -0.2) is 41.2 Å². The van der Waals surface area contributed by atoms with Gasteiger partial charge in [-0.2, -0.15) is 5.10 Å². The average molecular weight is 263 g/mol. The number of nitrogens with one attached hydrogen (secondary N) is 1. The summed E-state index contributed by atoms with van der Waals surface area (Å²) >= 11 is 0. The Morgan fingerprint density at radius 2 is 1.95 bits per heavy atom. The van der Waals surface area contributed by atoms with Gasteiger partial charge in [0.15, 0.2) is 0 Å². The van der Waals surface area contributed by atoms with Crippen molar-refractivity contribution in [1.29, 1.82) is 0 Å². The third kappa shape index (κ3) is 2.33. The third-order valence-electron chi connectivity index (χ3n) is 4.49. The molecule has 0 aliphatic carbocycles. The van der Waals surface area contributed by atoms with Gasteiger partial charge in [-0.25, -0.2) is 0 Å². The minimum Gasteiger partial charge on any atom is -0.399 e. The van der Waals surface area contributed by atoms with Gasteiger partial charge in [-0.15, -0.1) is 0 Å². The van der Waals surface area contributed by atoms with E-state index in [1.54, 1.807) is 0 Å². The van der Waals surface area contributed by atoms with Crippen LogP contribution in [0.1, 0.15) is 27.7 Å². The summed E-state index contributed by atoms with van der Waals surface area (Å²) in [7, 11) is -0.307. The maximum Gasteiger partial charge on any atom is 0.498 e. The number of hydrogen-bond acceptors (Lipinski definition) is 4. The van der Waals surface area contributed by atoms with E-state index in [1.165, 1.54) is 0 Å². The van der Waals surface area contributed by atoms with Crippen molar-refractivity contribution in [3.05, 3.63) is 12.4 Å². The fourth-order valence-electron chi connectivity index (χ4n) is 2.32. The monoisotopic (exact) mass is 263 g/mol. The van der Waals surface area contributed by atoms with Crippen LogP contribution in [0.2, 0.25) is 0 Å². The Hall–Kier alpha value is -0.845. The minimum atomic E-state index is -0.307. The summed E-state index contributed by atoms with van der Waals surface area (Å²) in [5, 5.41) is 7.68. The normalized spacial score (nSPS) is 25.6. The first-order chi connectivity index (χ1) is 8.87. The fraction of sp³-hybridized carbons (Fsp3) is 0.769. The van der Waals surface area contributed by atoms with Crippen molar-refractivity contribution in [2.75, 3.05) is 13.1 Å². The first-order valence-electron chi connectivity index (χ1n) is 6.96. The molecule has 2 saturated heterocycles. The molecule has 1 aromatic rings. The highest BCUT2D eigenvalue weighted by molar-refractivity contribution is 6.61. The molecule has 2 aliphatic rings. The summed E-state index contributed by atoms with van der Waals surface area (Å²) in [5.74, 6) is 0.700. The van der Waals surface area contributed by atoms with E-state index in [4.69, 9.17) is 9.31 Å². The van der Waals surface area contributed by atoms with E-state index in [1.807, 2.05) is 17.1 Å². The fourth-order valence-corrected chi connectivity index (χ4v) is 2.32. The second-order valence-corrected chi connectivity index (χ2v) is 6.61. The Balaban J connectivity index is 1.70. The molecular formula is C13H22BN3O2.